The van der Waals surface area contributed by atoms with E-state index in [4.69, 9.17) is 38.9 Å². The van der Waals surface area contributed by atoms with Gasteiger partial charge >= 0.3 is 11.9 Å². The van der Waals surface area contributed by atoms with Crippen LogP contribution in [0.5, 0.6) is 0 Å². The first-order chi connectivity index (χ1) is 37.4. The van der Waals surface area contributed by atoms with E-state index in [0.29, 0.717) is 44.2 Å². The predicted molar refractivity (Wildman–Crippen MR) is 288 cm³/mol. The van der Waals surface area contributed by atoms with E-state index in [1.165, 1.54) is 0 Å². The molecule has 3 aromatic rings. The minimum Gasteiger partial charge on any atom is -0.511 e. The number of aromatic nitrogens is 2. The summed E-state index contributed by atoms with van der Waals surface area (Å²) in [5, 5.41) is 52.0. The molecule has 3 bridgehead atoms. The lowest BCUT2D eigenvalue weighted by molar-refractivity contribution is -0.339. The SMILES string of the molecule is CCC1CC2(C)C=C(C(=O)O)C(C)C3(C2)NC(=O)C(=C(O)C2(C)C(C=CC4C(O[C@@H]5CC[C@H](O[C@H]6C[C@](C)(O)[C@H](O[C@H]7C[C@@H](OC(=O)c8cc9c([nH]8)[nH]c8ccccc89)[C@@H](N)[C@@H](C)O7)[C@@H](C)O6)[C@H](C)O5)CCCC42)CC1O)C3=O. The average Bonchev–Trinajstić information content (AvgIpc) is 3.90. The highest BCUT2D eigenvalue weighted by molar-refractivity contribution is 6.29. The van der Waals surface area contributed by atoms with E-state index in [0.717, 1.165) is 22.7 Å². The third kappa shape index (κ3) is 9.79. The summed E-state index contributed by atoms with van der Waals surface area (Å²) in [7, 11) is 0. The van der Waals surface area contributed by atoms with Crippen LogP contribution in [-0.4, -0.2) is 139 Å². The number of aliphatic carboxylic acids is 1. The lowest BCUT2D eigenvalue weighted by Crippen LogP contribution is -2.60. The minimum absolute atomic E-state index is 0.0366. The second kappa shape index (κ2) is 20.8. The van der Waals surface area contributed by atoms with Crippen LogP contribution < -0.4 is 11.1 Å². The van der Waals surface area contributed by atoms with Crippen molar-refractivity contribution in [1.82, 2.24) is 15.3 Å². The molecule has 430 valence electrons. The van der Waals surface area contributed by atoms with Gasteiger partial charge in [0.1, 0.15) is 40.4 Å². The number of nitrogens with two attached hydrogens (primary N) is 1. The number of fused-ring (bicyclic) bond motifs is 8. The predicted octanol–water partition coefficient (Wildman–Crippen LogP) is 7.30. The van der Waals surface area contributed by atoms with Crippen molar-refractivity contribution in [1.29, 1.82) is 0 Å². The largest absolute Gasteiger partial charge is 0.511 e. The number of carbonyl (C=O) groups is 4. The van der Waals surface area contributed by atoms with Gasteiger partial charge in [-0.05, 0) is 102 Å². The van der Waals surface area contributed by atoms with Crippen LogP contribution in [0.3, 0.4) is 0 Å². The molecule has 9 N–H and O–H groups in total. The average molecular weight is 1100 g/mol. The molecule has 79 heavy (non-hydrogen) atoms. The summed E-state index contributed by atoms with van der Waals surface area (Å²) in [6.07, 6.45) is 3.77. The highest BCUT2D eigenvalue weighted by Gasteiger charge is 2.63. The second-order valence-electron chi connectivity index (χ2n) is 25.3. The standard InChI is InChI=1S/C60H80N4O15/c1-9-32-24-57(6)25-37(55(69)70)28(2)60(27-57)51(67)48(54(68)64-60)50(66)59(8)33(21-41(32)65)17-18-35-38(59)14-12-16-43(35)77-45-20-19-42(29(3)73-45)76-47-26-58(7,72)52(31(5)75-47)79-46-23-44(49(61)30(4)74-46)78-56(71)40-22-36-34-13-10-11-15-39(34)62-53(36)63-40/h10-11,13,15,17-18,22,25,28-33,35,38,41-47,49,52,62-63,65-66,72H,9,12,14,16,19-21,23-24,26-27,61H2,1-8H3,(H,64,68)(H,69,70)/t28?,29-,30+,31+,32?,33?,35?,38?,41?,42-,43?,44+,45+,46-,47-,49-,52+,57?,58-,59?,60?/m0/s1. The van der Waals surface area contributed by atoms with Gasteiger partial charge in [-0.25, -0.2) is 9.59 Å². The fraction of sp³-hybridized carbons (Fsp3) is 0.667. The van der Waals surface area contributed by atoms with Crippen LogP contribution in [0, 0.1) is 40.4 Å². The van der Waals surface area contributed by atoms with E-state index < -0.39 is 125 Å². The van der Waals surface area contributed by atoms with Crippen molar-refractivity contribution < 1.29 is 72.8 Å². The topological polar surface area (TPSA) is 283 Å². The van der Waals surface area contributed by atoms with Crippen molar-refractivity contribution in [3.05, 3.63) is 71.2 Å². The first-order valence-corrected chi connectivity index (χ1v) is 28.8. The first kappa shape index (κ1) is 55.9. The van der Waals surface area contributed by atoms with Crippen LogP contribution in [0.4, 0.5) is 0 Å². The highest BCUT2D eigenvalue weighted by atomic mass is 16.7. The minimum atomic E-state index is -1.58. The Morgan fingerprint density at radius 2 is 1.57 bits per heavy atom. The number of ether oxygens (including phenoxy) is 7. The molecule has 19 nitrogen and oxygen atoms in total. The molecular formula is C60H80N4O15. The van der Waals surface area contributed by atoms with E-state index in [2.05, 4.69) is 21.4 Å². The monoisotopic (exact) mass is 1100 g/mol. The van der Waals surface area contributed by atoms with Crippen LogP contribution in [0.25, 0.3) is 21.9 Å². The van der Waals surface area contributed by atoms with Gasteiger partial charge in [-0.3, -0.25) is 9.59 Å². The first-order valence-electron chi connectivity index (χ1n) is 28.8. The van der Waals surface area contributed by atoms with E-state index in [1.54, 1.807) is 32.9 Å². The number of carbonyl (C=O) groups excluding carboxylic acids is 3. The molecule has 1 amide bonds. The van der Waals surface area contributed by atoms with E-state index in [9.17, 15) is 39.6 Å². The number of rotatable bonds is 10. The molecule has 1 saturated carbocycles. The Morgan fingerprint density at radius 3 is 2.30 bits per heavy atom. The lowest BCUT2D eigenvalue weighted by Gasteiger charge is -2.53. The molecule has 4 aliphatic carbocycles. The summed E-state index contributed by atoms with van der Waals surface area (Å²) in [5.74, 6) is -5.41. The van der Waals surface area contributed by atoms with Crippen LogP contribution in [-0.2, 0) is 47.5 Å². The highest BCUT2D eigenvalue weighted by Crippen LogP contribution is 2.59. The van der Waals surface area contributed by atoms with Crippen molar-refractivity contribution >= 4 is 45.6 Å². The lowest BCUT2D eigenvalue weighted by atomic mass is 9.52. The van der Waals surface area contributed by atoms with Crippen molar-refractivity contribution in [2.75, 3.05) is 0 Å². The number of H-pyrrole nitrogens is 2. The molecule has 6 heterocycles. The molecule has 4 saturated heterocycles. The number of nitrogens with one attached hydrogen (secondary N) is 3. The van der Waals surface area contributed by atoms with E-state index in [1.807, 2.05) is 65.0 Å². The van der Waals surface area contributed by atoms with Crippen molar-refractivity contribution in [2.24, 2.45) is 46.2 Å². The maximum absolute atomic E-state index is 15.0. The van der Waals surface area contributed by atoms with Gasteiger partial charge in [-0.2, -0.15) is 0 Å². The third-order valence-corrected chi connectivity index (χ3v) is 19.9. The Balaban J connectivity index is 0.730. The van der Waals surface area contributed by atoms with Crippen LogP contribution in [0.15, 0.2) is 65.5 Å². The summed E-state index contributed by atoms with van der Waals surface area (Å²) >= 11 is 0. The Hall–Kier alpha value is -4.96. The van der Waals surface area contributed by atoms with Crippen LogP contribution in [0.1, 0.15) is 137 Å². The van der Waals surface area contributed by atoms with Gasteiger partial charge in [0, 0.05) is 58.4 Å². The van der Waals surface area contributed by atoms with Gasteiger partial charge in [-0.1, -0.05) is 77.0 Å². The fourth-order valence-corrected chi connectivity index (χ4v) is 15.6. The summed E-state index contributed by atoms with van der Waals surface area (Å²) in [5.41, 5.74) is 3.21. The Labute approximate surface area is 460 Å². The zero-order valence-corrected chi connectivity index (χ0v) is 46.6. The molecule has 0 radical (unpaired) electrons. The summed E-state index contributed by atoms with van der Waals surface area (Å²) in [6, 6.07) is 8.98. The number of ketones is 1. The number of benzene rings is 1. The zero-order valence-electron chi connectivity index (χ0n) is 46.6. The number of carboxylic acid groups (broad SMARTS) is 1. The number of para-hydroxylation sites is 1. The number of amides is 1. The Bertz CT molecular complexity index is 2960. The van der Waals surface area contributed by atoms with E-state index >= 15 is 0 Å². The molecule has 1 aromatic carbocycles. The maximum Gasteiger partial charge on any atom is 0.355 e. The molecule has 2 aromatic heterocycles. The normalized spacial score (nSPS) is 43.6. The molecule has 19 heteroatoms. The van der Waals surface area contributed by atoms with Gasteiger partial charge in [0.05, 0.1) is 48.3 Å². The molecule has 10 unspecified atom stereocenters. The molecule has 8 aliphatic rings. The summed E-state index contributed by atoms with van der Waals surface area (Å²) < 4.78 is 45.0. The number of hydrogen-bond acceptors (Lipinski definition) is 15. The number of allylic oxidation sites excluding steroid dienone is 3. The molecule has 4 aliphatic heterocycles. The number of aliphatic hydroxyl groups excluding tert-OH is 2. The number of carboxylic acids is 1. The quantitative estimate of drug-likeness (QED) is 0.0562. The molecule has 1 spiro atoms. The fourth-order valence-electron chi connectivity index (χ4n) is 15.6. The number of esters is 1. The summed E-state index contributed by atoms with van der Waals surface area (Å²) in [4.78, 5) is 61.9. The van der Waals surface area contributed by atoms with Crippen LogP contribution >= 0.6 is 0 Å². The van der Waals surface area contributed by atoms with Crippen molar-refractivity contribution in [3.8, 4) is 0 Å². The maximum atomic E-state index is 15.0. The van der Waals surface area contributed by atoms with Gasteiger partial charge in [-0.15, -0.1) is 0 Å². The number of hydrogen-bond donors (Lipinski definition) is 8. The second-order valence-corrected chi connectivity index (χ2v) is 25.3. The number of Topliss-reactive ketones (excluding diaryl/α,β-unsaturated/α-hetero) is 1. The third-order valence-electron chi connectivity index (χ3n) is 19.9. The van der Waals surface area contributed by atoms with Crippen molar-refractivity contribution in [3.63, 3.8) is 0 Å². The smallest absolute Gasteiger partial charge is 0.355 e. The number of aromatic amines is 2. The zero-order chi connectivity index (χ0) is 56.2. The molecule has 21 atom stereocenters. The molecule has 11 rings (SSSR count). The van der Waals surface area contributed by atoms with Crippen LogP contribution in [0.2, 0.25) is 0 Å². The molecule has 5 fully saturated rings. The van der Waals surface area contributed by atoms with Gasteiger partial charge < -0.3 is 74.6 Å². The van der Waals surface area contributed by atoms with Crippen molar-refractivity contribution in [2.45, 2.75) is 211 Å². The Morgan fingerprint density at radius 1 is 0.835 bits per heavy atom. The van der Waals surface area contributed by atoms with Gasteiger partial charge in [0.25, 0.3) is 5.91 Å². The number of aliphatic hydroxyl groups is 3. The Kier molecular flexibility index (Phi) is 14.7. The summed E-state index contributed by atoms with van der Waals surface area (Å²) in [6.45, 7) is 14.7. The van der Waals surface area contributed by atoms with E-state index in [-0.39, 0.29) is 72.1 Å². The molecular weight excluding hydrogens is 1020 g/mol. The van der Waals surface area contributed by atoms with Gasteiger partial charge in [0.2, 0.25) is 0 Å². The van der Waals surface area contributed by atoms with Gasteiger partial charge in [0.15, 0.2) is 24.7 Å².